The van der Waals surface area contributed by atoms with Crippen LogP contribution in [0.4, 0.5) is 4.39 Å². The highest BCUT2D eigenvalue weighted by Crippen LogP contribution is 2.16. The van der Waals surface area contributed by atoms with Gasteiger partial charge in [-0.3, -0.25) is 0 Å². The fourth-order valence-corrected chi connectivity index (χ4v) is 2.40. The second-order valence-electron chi connectivity index (χ2n) is 3.39. The summed E-state index contributed by atoms with van der Waals surface area (Å²) in [6, 6.07) is 4.30. The molecule has 98 valence electrons. The summed E-state index contributed by atoms with van der Waals surface area (Å²) in [7, 11) is -2.04. The molecule has 0 fully saturated rings. The molecule has 0 aliphatic rings. The Hall–Kier alpha value is -0.690. The van der Waals surface area contributed by atoms with Crippen LogP contribution in [0.25, 0.3) is 0 Å². The van der Waals surface area contributed by atoms with Crippen molar-refractivity contribution in [2.75, 3.05) is 20.1 Å². The molecule has 0 atom stereocenters. The Kier molecular flexibility index (Phi) is 6.62. The third kappa shape index (κ3) is 4.23. The molecule has 0 aromatic heterocycles. The van der Waals surface area contributed by atoms with Crippen molar-refractivity contribution in [3.05, 3.63) is 29.6 Å². The lowest BCUT2D eigenvalue weighted by Gasteiger charge is -2.08. The van der Waals surface area contributed by atoms with E-state index < -0.39 is 15.8 Å². The van der Waals surface area contributed by atoms with E-state index in [0.29, 0.717) is 12.1 Å². The molecule has 0 aliphatic heterocycles. The van der Waals surface area contributed by atoms with Crippen LogP contribution in [-0.2, 0) is 10.0 Å². The maximum atomic E-state index is 13.6. The van der Waals surface area contributed by atoms with E-state index in [0.717, 1.165) is 0 Å². The minimum absolute atomic E-state index is 0. The maximum absolute atomic E-state index is 13.6. The number of nitrogens with one attached hydrogen (secondary N) is 2. The van der Waals surface area contributed by atoms with Gasteiger partial charge in [0.25, 0.3) is 0 Å². The predicted octanol–water partition coefficient (Wildman–Crippen LogP) is 1.05. The van der Waals surface area contributed by atoms with Crippen LogP contribution in [0.15, 0.2) is 23.1 Å². The number of aryl methyl sites for hydroxylation is 1. The quantitative estimate of drug-likeness (QED) is 0.794. The van der Waals surface area contributed by atoms with Gasteiger partial charge >= 0.3 is 0 Å². The van der Waals surface area contributed by atoms with Gasteiger partial charge in [-0.2, -0.15) is 0 Å². The van der Waals surface area contributed by atoms with Gasteiger partial charge in [0, 0.05) is 13.1 Å². The molecule has 4 nitrogen and oxygen atoms in total. The summed E-state index contributed by atoms with van der Waals surface area (Å²) in [6.07, 6.45) is 0. The molecular weight excluding hydrogens is 267 g/mol. The highest BCUT2D eigenvalue weighted by molar-refractivity contribution is 7.89. The van der Waals surface area contributed by atoms with Gasteiger partial charge in [0.05, 0.1) is 0 Å². The van der Waals surface area contributed by atoms with Crippen molar-refractivity contribution in [1.29, 1.82) is 0 Å². The Morgan fingerprint density at radius 1 is 1.29 bits per heavy atom. The second kappa shape index (κ2) is 6.90. The van der Waals surface area contributed by atoms with Crippen LogP contribution < -0.4 is 10.0 Å². The molecule has 7 heteroatoms. The topological polar surface area (TPSA) is 58.2 Å². The summed E-state index contributed by atoms with van der Waals surface area (Å²) in [5.41, 5.74) is 0.316. The van der Waals surface area contributed by atoms with Gasteiger partial charge in [0.1, 0.15) is 10.7 Å². The zero-order chi connectivity index (χ0) is 12.2. The number of hydrogen-bond donors (Lipinski definition) is 2. The molecule has 17 heavy (non-hydrogen) atoms. The van der Waals surface area contributed by atoms with Gasteiger partial charge < -0.3 is 5.32 Å². The lowest BCUT2D eigenvalue weighted by Crippen LogP contribution is -2.31. The van der Waals surface area contributed by atoms with Crippen molar-refractivity contribution < 1.29 is 12.8 Å². The van der Waals surface area contributed by atoms with Crippen molar-refractivity contribution in [3.63, 3.8) is 0 Å². The summed E-state index contributed by atoms with van der Waals surface area (Å²) in [5, 5.41) is 2.80. The van der Waals surface area contributed by atoms with Crippen LogP contribution in [0.1, 0.15) is 5.56 Å². The zero-order valence-electron chi connectivity index (χ0n) is 9.66. The largest absolute Gasteiger partial charge is 0.318 e. The van der Waals surface area contributed by atoms with E-state index in [4.69, 9.17) is 0 Å². The Morgan fingerprint density at radius 3 is 2.53 bits per heavy atom. The molecule has 0 unspecified atom stereocenters. The summed E-state index contributed by atoms with van der Waals surface area (Å²) in [4.78, 5) is -0.302. The summed E-state index contributed by atoms with van der Waals surface area (Å²) < 4.78 is 39.3. The average molecular weight is 283 g/mol. The van der Waals surface area contributed by atoms with Crippen LogP contribution in [0.3, 0.4) is 0 Å². The predicted molar refractivity (Wildman–Crippen MR) is 67.5 cm³/mol. The molecule has 0 amide bonds. The van der Waals surface area contributed by atoms with Gasteiger partial charge in [0.2, 0.25) is 10.0 Å². The first kappa shape index (κ1) is 16.3. The van der Waals surface area contributed by atoms with Gasteiger partial charge in [-0.1, -0.05) is 12.1 Å². The van der Waals surface area contributed by atoms with Crippen molar-refractivity contribution in [2.45, 2.75) is 11.8 Å². The third-order valence-corrected chi connectivity index (χ3v) is 3.59. The lowest BCUT2D eigenvalue weighted by molar-refractivity contribution is 0.552. The smallest absolute Gasteiger partial charge is 0.243 e. The molecule has 0 radical (unpaired) electrons. The van der Waals surface area contributed by atoms with Crippen LogP contribution in [0.5, 0.6) is 0 Å². The van der Waals surface area contributed by atoms with E-state index in [9.17, 15) is 12.8 Å². The highest BCUT2D eigenvalue weighted by atomic mass is 35.5. The van der Waals surface area contributed by atoms with E-state index >= 15 is 0 Å². The van der Waals surface area contributed by atoms with Gasteiger partial charge in [0.15, 0.2) is 0 Å². The molecule has 0 heterocycles. The summed E-state index contributed by atoms with van der Waals surface area (Å²) in [6.45, 7) is 2.25. The number of halogens is 2. The minimum atomic E-state index is -3.75. The molecule has 0 saturated carbocycles. The lowest BCUT2D eigenvalue weighted by atomic mass is 10.2. The number of benzene rings is 1. The van der Waals surface area contributed by atoms with Crippen molar-refractivity contribution in [1.82, 2.24) is 10.0 Å². The summed E-state index contributed by atoms with van der Waals surface area (Å²) in [5.74, 6) is -0.695. The first-order chi connectivity index (χ1) is 7.49. The number of hydrogen-bond acceptors (Lipinski definition) is 3. The molecule has 0 aliphatic carbocycles. The third-order valence-electron chi connectivity index (χ3n) is 2.11. The van der Waals surface area contributed by atoms with Gasteiger partial charge in [-0.25, -0.2) is 17.5 Å². The molecule has 2 N–H and O–H groups in total. The first-order valence-electron chi connectivity index (χ1n) is 4.88. The Bertz CT molecular complexity index is 465. The molecule has 0 bridgehead atoms. The number of rotatable bonds is 5. The van der Waals surface area contributed by atoms with Gasteiger partial charge in [-0.05, 0) is 25.6 Å². The Labute approximate surface area is 107 Å². The fraction of sp³-hybridized carbons (Fsp3) is 0.400. The number of likely N-dealkylation sites (N-methyl/N-ethyl adjacent to an activating group) is 1. The normalized spacial score (nSPS) is 11.0. The average Bonchev–Trinajstić information content (AvgIpc) is 2.22. The standard InChI is InChI=1S/C10H15FN2O2S.ClH/c1-8-4-3-5-9(10(8)11)16(14,15)13-7-6-12-2;/h3-5,12-13H,6-7H2,1-2H3;1H. The first-order valence-corrected chi connectivity index (χ1v) is 6.36. The van der Waals surface area contributed by atoms with E-state index in [1.54, 1.807) is 7.05 Å². The van der Waals surface area contributed by atoms with E-state index in [-0.39, 0.29) is 23.8 Å². The molecule has 0 saturated heterocycles. The summed E-state index contributed by atoms with van der Waals surface area (Å²) >= 11 is 0. The minimum Gasteiger partial charge on any atom is -0.318 e. The molecular formula is C10H16ClFN2O2S. The maximum Gasteiger partial charge on any atom is 0.243 e. The van der Waals surface area contributed by atoms with Gasteiger partial charge in [-0.15, -0.1) is 12.4 Å². The SMILES string of the molecule is CNCCNS(=O)(=O)c1cccc(C)c1F.Cl. The number of sulfonamides is 1. The van der Waals surface area contributed by atoms with E-state index in [2.05, 4.69) is 10.0 Å². The van der Waals surface area contributed by atoms with Crippen molar-refractivity contribution in [3.8, 4) is 0 Å². The van der Waals surface area contributed by atoms with Crippen LogP contribution in [0.2, 0.25) is 0 Å². The van der Waals surface area contributed by atoms with Crippen LogP contribution in [0, 0.1) is 12.7 Å². The Balaban J connectivity index is 0.00000256. The Morgan fingerprint density at radius 2 is 1.94 bits per heavy atom. The monoisotopic (exact) mass is 282 g/mol. The molecule has 1 rings (SSSR count). The second-order valence-corrected chi connectivity index (χ2v) is 5.12. The van der Waals surface area contributed by atoms with E-state index in [1.807, 2.05) is 0 Å². The highest BCUT2D eigenvalue weighted by Gasteiger charge is 2.18. The van der Waals surface area contributed by atoms with Crippen molar-refractivity contribution in [2.24, 2.45) is 0 Å². The van der Waals surface area contributed by atoms with E-state index in [1.165, 1.54) is 25.1 Å². The molecule has 1 aromatic rings. The zero-order valence-corrected chi connectivity index (χ0v) is 11.3. The molecule has 1 aromatic carbocycles. The van der Waals surface area contributed by atoms with Crippen LogP contribution >= 0.6 is 12.4 Å². The van der Waals surface area contributed by atoms with Crippen molar-refractivity contribution >= 4 is 22.4 Å². The fourth-order valence-electron chi connectivity index (χ4n) is 1.22. The molecule has 0 spiro atoms. The van der Waals surface area contributed by atoms with Crippen LogP contribution in [-0.4, -0.2) is 28.6 Å².